The lowest BCUT2D eigenvalue weighted by Gasteiger charge is -2.16. The van der Waals surface area contributed by atoms with Gasteiger partial charge in [-0.1, -0.05) is 17.7 Å². The highest BCUT2D eigenvalue weighted by molar-refractivity contribution is 14.1. The summed E-state index contributed by atoms with van der Waals surface area (Å²) in [4.78, 5) is 0. The molecule has 1 heterocycles. The van der Waals surface area contributed by atoms with Gasteiger partial charge < -0.3 is 0 Å². The minimum absolute atomic E-state index is 0.0964. The number of nitrogens with two attached hydrogens (primary N) is 1. The molecule has 1 atom stereocenters. The predicted molar refractivity (Wildman–Crippen MR) is 82.3 cm³/mol. The van der Waals surface area contributed by atoms with E-state index in [1.165, 1.54) is 5.56 Å². The van der Waals surface area contributed by atoms with Crippen LogP contribution in [0.25, 0.3) is 0 Å². The maximum absolute atomic E-state index is 6.12. The fourth-order valence-electron chi connectivity index (χ4n) is 1.65. The van der Waals surface area contributed by atoms with E-state index in [0.717, 1.165) is 20.6 Å². The first-order valence-electron chi connectivity index (χ1n) is 5.13. The van der Waals surface area contributed by atoms with Crippen molar-refractivity contribution in [3.63, 3.8) is 0 Å². The van der Waals surface area contributed by atoms with Crippen molar-refractivity contribution in [2.45, 2.75) is 12.5 Å². The molecular formula is C12H12ClIN2S. The van der Waals surface area contributed by atoms with Gasteiger partial charge in [-0.15, -0.1) is 0 Å². The average Bonchev–Trinajstić information content (AvgIpc) is 2.82. The van der Waals surface area contributed by atoms with E-state index in [1.54, 1.807) is 11.3 Å². The van der Waals surface area contributed by atoms with Gasteiger partial charge in [0, 0.05) is 3.57 Å². The van der Waals surface area contributed by atoms with E-state index in [0.29, 0.717) is 0 Å². The maximum Gasteiger partial charge on any atom is 0.0542 e. The summed E-state index contributed by atoms with van der Waals surface area (Å²) < 4.78 is 1.05. The molecule has 1 aromatic carbocycles. The lowest BCUT2D eigenvalue weighted by molar-refractivity contribution is 0.552. The molecule has 0 saturated heterocycles. The molecule has 5 heteroatoms. The normalized spacial score (nSPS) is 12.6. The molecule has 2 nitrogen and oxygen atoms in total. The van der Waals surface area contributed by atoms with Crippen molar-refractivity contribution in [1.82, 2.24) is 5.43 Å². The van der Waals surface area contributed by atoms with Crippen LogP contribution in [0.15, 0.2) is 35.0 Å². The second-order valence-corrected chi connectivity index (χ2v) is 6.08. The summed E-state index contributed by atoms with van der Waals surface area (Å²) in [5.41, 5.74) is 5.25. The summed E-state index contributed by atoms with van der Waals surface area (Å²) >= 11 is 10.0. The van der Waals surface area contributed by atoms with Crippen LogP contribution in [0, 0.1) is 3.57 Å². The van der Waals surface area contributed by atoms with E-state index >= 15 is 0 Å². The number of hydrogen-bond acceptors (Lipinski definition) is 3. The lowest BCUT2D eigenvalue weighted by Crippen LogP contribution is -2.29. The number of nitrogens with one attached hydrogen (secondary N) is 1. The molecule has 90 valence electrons. The highest BCUT2D eigenvalue weighted by atomic mass is 127. The number of rotatable bonds is 4. The van der Waals surface area contributed by atoms with Gasteiger partial charge in [0.15, 0.2) is 0 Å². The van der Waals surface area contributed by atoms with Gasteiger partial charge >= 0.3 is 0 Å². The van der Waals surface area contributed by atoms with Gasteiger partial charge in [-0.3, -0.25) is 11.3 Å². The smallest absolute Gasteiger partial charge is 0.0542 e. The first kappa shape index (κ1) is 13.3. The Kier molecular flexibility index (Phi) is 4.81. The van der Waals surface area contributed by atoms with Gasteiger partial charge in [0.1, 0.15) is 0 Å². The van der Waals surface area contributed by atoms with Crippen LogP contribution in [0.4, 0.5) is 0 Å². The Labute approximate surface area is 123 Å². The third-order valence-corrected chi connectivity index (χ3v) is 4.87. The molecule has 0 aliphatic carbocycles. The molecule has 0 saturated carbocycles. The van der Waals surface area contributed by atoms with Gasteiger partial charge in [0.05, 0.1) is 11.1 Å². The molecule has 3 N–H and O–H groups in total. The molecule has 0 fully saturated rings. The molecule has 0 spiro atoms. The van der Waals surface area contributed by atoms with Gasteiger partial charge in [-0.05, 0) is 69.1 Å². The van der Waals surface area contributed by atoms with E-state index in [9.17, 15) is 0 Å². The van der Waals surface area contributed by atoms with Crippen LogP contribution in [0.3, 0.4) is 0 Å². The van der Waals surface area contributed by atoms with Crippen LogP contribution < -0.4 is 11.3 Å². The Morgan fingerprint density at radius 2 is 2.24 bits per heavy atom. The van der Waals surface area contributed by atoms with Crippen molar-refractivity contribution >= 4 is 45.5 Å². The molecule has 0 aliphatic rings. The number of benzene rings is 1. The topological polar surface area (TPSA) is 38.0 Å². The molecule has 0 bridgehead atoms. The van der Waals surface area contributed by atoms with Gasteiger partial charge in [0.2, 0.25) is 0 Å². The van der Waals surface area contributed by atoms with Crippen LogP contribution in [0.5, 0.6) is 0 Å². The Morgan fingerprint density at radius 1 is 1.41 bits per heavy atom. The Balaban J connectivity index is 2.20. The van der Waals surface area contributed by atoms with E-state index in [2.05, 4.69) is 50.9 Å². The molecule has 0 aliphatic heterocycles. The van der Waals surface area contributed by atoms with Crippen molar-refractivity contribution in [2.75, 3.05) is 0 Å². The van der Waals surface area contributed by atoms with Gasteiger partial charge in [0.25, 0.3) is 0 Å². The zero-order valence-corrected chi connectivity index (χ0v) is 12.7. The van der Waals surface area contributed by atoms with Crippen LogP contribution in [-0.2, 0) is 6.42 Å². The molecule has 0 amide bonds. The number of halogens is 2. The lowest BCUT2D eigenvalue weighted by atomic mass is 10.0. The van der Waals surface area contributed by atoms with E-state index < -0.39 is 0 Å². The highest BCUT2D eigenvalue weighted by Crippen LogP contribution is 2.25. The van der Waals surface area contributed by atoms with Crippen molar-refractivity contribution < 1.29 is 0 Å². The summed E-state index contributed by atoms with van der Waals surface area (Å²) in [6, 6.07) is 8.25. The van der Waals surface area contributed by atoms with Crippen molar-refractivity contribution in [2.24, 2.45) is 5.84 Å². The predicted octanol–water partition coefficient (Wildman–Crippen LogP) is 3.75. The summed E-state index contributed by atoms with van der Waals surface area (Å²) in [7, 11) is 0. The summed E-state index contributed by atoms with van der Waals surface area (Å²) in [5, 5.41) is 4.98. The zero-order valence-electron chi connectivity index (χ0n) is 8.99. The summed E-state index contributed by atoms with van der Waals surface area (Å²) in [6.45, 7) is 0. The van der Waals surface area contributed by atoms with Gasteiger partial charge in [-0.2, -0.15) is 11.3 Å². The fourth-order valence-corrected chi connectivity index (χ4v) is 2.85. The van der Waals surface area contributed by atoms with Gasteiger partial charge in [-0.25, -0.2) is 0 Å². The van der Waals surface area contributed by atoms with Crippen molar-refractivity contribution in [3.05, 3.63) is 54.7 Å². The first-order chi connectivity index (χ1) is 8.20. The summed E-state index contributed by atoms with van der Waals surface area (Å²) in [6.07, 6.45) is 0.872. The average molecular weight is 379 g/mol. The number of hydrazine groups is 1. The maximum atomic E-state index is 6.12. The quantitative estimate of drug-likeness (QED) is 0.483. The van der Waals surface area contributed by atoms with Crippen LogP contribution >= 0.6 is 45.5 Å². The molecule has 2 rings (SSSR count). The minimum Gasteiger partial charge on any atom is -0.271 e. The van der Waals surface area contributed by atoms with E-state index in [1.807, 2.05) is 12.1 Å². The SMILES string of the molecule is NNC(Cc1ccsc1)c1ccc(I)c(Cl)c1. The second kappa shape index (κ2) is 6.15. The van der Waals surface area contributed by atoms with Crippen molar-refractivity contribution in [1.29, 1.82) is 0 Å². The zero-order chi connectivity index (χ0) is 12.3. The molecule has 0 radical (unpaired) electrons. The van der Waals surface area contributed by atoms with Crippen LogP contribution in [0.2, 0.25) is 5.02 Å². The Hall–Kier alpha value is -0.140. The first-order valence-corrected chi connectivity index (χ1v) is 7.53. The fraction of sp³-hybridized carbons (Fsp3) is 0.167. The molecule has 1 aromatic heterocycles. The van der Waals surface area contributed by atoms with Crippen molar-refractivity contribution in [3.8, 4) is 0 Å². The number of thiophene rings is 1. The minimum atomic E-state index is 0.0964. The molecule has 1 unspecified atom stereocenters. The van der Waals surface area contributed by atoms with E-state index in [-0.39, 0.29) is 6.04 Å². The standard InChI is InChI=1S/C12H12ClIN2S/c13-10-6-9(1-2-11(10)14)12(16-15)5-8-3-4-17-7-8/h1-4,6-7,12,16H,5,15H2. The third-order valence-electron chi connectivity index (χ3n) is 2.57. The third kappa shape index (κ3) is 3.42. The molecule has 17 heavy (non-hydrogen) atoms. The molecule has 2 aromatic rings. The molecular weight excluding hydrogens is 367 g/mol. The van der Waals surface area contributed by atoms with Crippen LogP contribution in [-0.4, -0.2) is 0 Å². The summed E-state index contributed by atoms with van der Waals surface area (Å²) in [5.74, 6) is 5.62. The monoisotopic (exact) mass is 378 g/mol. The second-order valence-electron chi connectivity index (χ2n) is 3.73. The van der Waals surface area contributed by atoms with E-state index in [4.69, 9.17) is 17.4 Å². The Morgan fingerprint density at radius 3 is 2.82 bits per heavy atom. The highest BCUT2D eigenvalue weighted by Gasteiger charge is 2.12. The largest absolute Gasteiger partial charge is 0.271 e. The van der Waals surface area contributed by atoms with Crippen LogP contribution in [0.1, 0.15) is 17.2 Å². The Bertz CT molecular complexity index is 487. The number of hydrogen-bond donors (Lipinski definition) is 2.